The summed E-state index contributed by atoms with van der Waals surface area (Å²) in [5.41, 5.74) is -1.60. The molecule has 0 saturated heterocycles. The molecule has 1 heterocycles. The van der Waals surface area contributed by atoms with Gasteiger partial charge in [0.25, 0.3) is 0 Å². The van der Waals surface area contributed by atoms with Crippen LogP contribution in [-0.4, -0.2) is 48.6 Å². The van der Waals surface area contributed by atoms with Crippen LogP contribution in [0.3, 0.4) is 0 Å². The van der Waals surface area contributed by atoms with Crippen molar-refractivity contribution in [3.05, 3.63) is 40.6 Å². The zero-order chi connectivity index (χ0) is 22.2. The lowest BCUT2D eigenvalue weighted by Gasteiger charge is -2.18. The van der Waals surface area contributed by atoms with Crippen LogP contribution in [0.2, 0.25) is 0 Å². The molecule has 0 radical (unpaired) electrons. The first-order valence-electron chi connectivity index (χ1n) is 8.35. The Balaban J connectivity index is 2.29. The van der Waals surface area contributed by atoms with Crippen LogP contribution in [0.25, 0.3) is 22.3 Å². The highest BCUT2D eigenvalue weighted by Crippen LogP contribution is 2.47. The maximum atomic E-state index is 12.6. The zero-order valence-electron chi connectivity index (χ0n) is 15.0. The summed E-state index contributed by atoms with van der Waals surface area (Å²) in [5.74, 6) is -6.32. The van der Waals surface area contributed by atoms with E-state index in [2.05, 4.69) is 5.32 Å². The molecule has 1 atom stereocenters. The summed E-state index contributed by atoms with van der Waals surface area (Å²) < 4.78 is 5.59. The van der Waals surface area contributed by atoms with E-state index in [0.29, 0.717) is 5.56 Å². The Morgan fingerprint density at radius 1 is 0.967 bits per heavy atom. The van der Waals surface area contributed by atoms with Gasteiger partial charge >= 0.3 is 11.9 Å². The van der Waals surface area contributed by atoms with Crippen molar-refractivity contribution in [2.24, 2.45) is 0 Å². The van der Waals surface area contributed by atoms with Gasteiger partial charge < -0.3 is 40.4 Å². The van der Waals surface area contributed by atoms with Crippen molar-refractivity contribution < 1.29 is 44.6 Å². The normalized spacial score (nSPS) is 11.9. The fourth-order valence-corrected chi connectivity index (χ4v) is 2.80. The van der Waals surface area contributed by atoms with Gasteiger partial charge in [-0.3, -0.25) is 9.59 Å². The van der Waals surface area contributed by atoms with Gasteiger partial charge in [0.05, 0.1) is 6.42 Å². The van der Waals surface area contributed by atoms with E-state index >= 15 is 0 Å². The number of hydrogen-bond donors (Lipinski definition) is 7. The van der Waals surface area contributed by atoms with Crippen molar-refractivity contribution in [1.82, 2.24) is 0 Å². The molecule has 156 valence electrons. The fourth-order valence-electron chi connectivity index (χ4n) is 2.80. The maximum Gasteiger partial charge on any atom is 0.326 e. The number of carboxylic acids is 2. The molecule has 0 spiro atoms. The molecule has 0 saturated carbocycles. The van der Waals surface area contributed by atoms with Crippen LogP contribution < -0.4 is 10.7 Å². The van der Waals surface area contributed by atoms with Gasteiger partial charge in [0.15, 0.2) is 22.5 Å². The summed E-state index contributed by atoms with van der Waals surface area (Å²) in [6.07, 6.45) is -0.903. The second kappa shape index (κ2) is 7.54. The van der Waals surface area contributed by atoms with E-state index in [0.717, 1.165) is 6.07 Å². The lowest BCUT2D eigenvalue weighted by Crippen LogP contribution is -2.32. The Bertz CT molecular complexity index is 1210. The zero-order valence-corrected chi connectivity index (χ0v) is 15.0. The number of anilines is 1. The number of rotatable bonds is 6. The van der Waals surface area contributed by atoms with Crippen molar-refractivity contribution in [2.45, 2.75) is 12.5 Å². The topological polar surface area (TPSA) is 198 Å². The second-order valence-corrected chi connectivity index (χ2v) is 6.28. The van der Waals surface area contributed by atoms with E-state index < -0.39 is 63.7 Å². The molecule has 11 heteroatoms. The molecule has 30 heavy (non-hydrogen) atoms. The maximum absolute atomic E-state index is 12.6. The average molecular weight is 417 g/mol. The second-order valence-electron chi connectivity index (χ2n) is 6.28. The molecule has 0 aliphatic carbocycles. The van der Waals surface area contributed by atoms with Crippen LogP contribution in [-0.2, 0) is 9.59 Å². The van der Waals surface area contributed by atoms with Gasteiger partial charge in [0.2, 0.25) is 5.75 Å². The third-order valence-corrected chi connectivity index (χ3v) is 4.24. The van der Waals surface area contributed by atoms with E-state index in [-0.39, 0.29) is 11.5 Å². The predicted molar refractivity (Wildman–Crippen MR) is 102 cm³/mol. The molecule has 1 aromatic heterocycles. The fraction of sp³-hybridized carbons (Fsp3) is 0.105. The quantitative estimate of drug-likeness (QED) is 0.227. The van der Waals surface area contributed by atoms with Crippen LogP contribution in [0.15, 0.2) is 39.5 Å². The minimum atomic E-state index is -1.76. The van der Waals surface area contributed by atoms with E-state index in [4.69, 9.17) is 9.52 Å². The molecule has 11 nitrogen and oxygen atoms in total. The van der Waals surface area contributed by atoms with E-state index in [1.807, 2.05) is 0 Å². The summed E-state index contributed by atoms with van der Waals surface area (Å²) in [6, 6.07) is 4.69. The van der Waals surface area contributed by atoms with Crippen LogP contribution in [0.1, 0.15) is 6.42 Å². The van der Waals surface area contributed by atoms with Crippen molar-refractivity contribution >= 4 is 28.6 Å². The first kappa shape index (κ1) is 20.3. The van der Waals surface area contributed by atoms with Crippen molar-refractivity contribution in [3.8, 4) is 34.3 Å². The van der Waals surface area contributed by atoms with Crippen LogP contribution in [0, 0.1) is 0 Å². The Hall–Kier alpha value is -4.41. The van der Waals surface area contributed by atoms with Gasteiger partial charge in [0.1, 0.15) is 28.6 Å². The summed E-state index contributed by atoms with van der Waals surface area (Å²) in [4.78, 5) is 34.9. The molecule has 0 aliphatic heterocycles. The SMILES string of the molecule is O=C(O)C[C@H](Nc1c(O)c(O)c(O)c2c(=O)cc(-c3ccc(O)cc3)oc12)C(=O)O. The number of nitrogens with one attached hydrogen (secondary N) is 1. The number of fused-ring (bicyclic) bond motifs is 1. The molecule has 0 bridgehead atoms. The average Bonchev–Trinajstić information content (AvgIpc) is 2.68. The third kappa shape index (κ3) is 3.63. The molecular weight excluding hydrogens is 402 g/mol. The number of benzene rings is 2. The molecule has 0 unspecified atom stereocenters. The van der Waals surface area contributed by atoms with E-state index in [1.165, 1.54) is 24.3 Å². The molecule has 3 rings (SSSR count). The Kier molecular flexibility index (Phi) is 5.11. The van der Waals surface area contributed by atoms with Gasteiger partial charge in [0, 0.05) is 11.6 Å². The van der Waals surface area contributed by atoms with Gasteiger partial charge in [-0.1, -0.05) is 0 Å². The summed E-state index contributed by atoms with van der Waals surface area (Å²) >= 11 is 0. The van der Waals surface area contributed by atoms with Gasteiger partial charge in [-0.25, -0.2) is 4.79 Å². The Morgan fingerprint density at radius 3 is 2.17 bits per heavy atom. The predicted octanol–water partition coefficient (Wildman–Crippen LogP) is 1.62. The molecule has 0 fully saturated rings. The molecule has 0 aliphatic rings. The third-order valence-electron chi connectivity index (χ3n) is 4.24. The largest absolute Gasteiger partial charge is 0.508 e. The van der Waals surface area contributed by atoms with Crippen LogP contribution in [0.5, 0.6) is 23.0 Å². The van der Waals surface area contributed by atoms with Gasteiger partial charge in [-0.2, -0.15) is 0 Å². The first-order chi connectivity index (χ1) is 14.1. The van der Waals surface area contributed by atoms with Crippen LogP contribution in [0.4, 0.5) is 5.69 Å². The van der Waals surface area contributed by atoms with E-state index in [9.17, 15) is 39.9 Å². The van der Waals surface area contributed by atoms with E-state index in [1.54, 1.807) is 0 Å². The highest BCUT2D eigenvalue weighted by molar-refractivity contribution is 6.01. The first-order valence-corrected chi connectivity index (χ1v) is 8.35. The van der Waals surface area contributed by atoms with Crippen molar-refractivity contribution in [3.63, 3.8) is 0 Å². The number of phenols is 4. The molecular formula is C19H15NO10. The number of carbonyl (C=O) groups is 2. The molecule has 2 aromatic carbocycles. The standard InChI is InChI=1S/C19H15NO10/c21-8-3-1-7(2-4-8)11-6-10(22)13-15(25)17(27)16(26)14(18(13)30-11)20-9(19(28)29)5-12(23)24/h1-4,6,9,20-21,25-27H,5H2,(H,23,24)(H,28,29)/t9-/m0/s1. The monoisotopic (exact) mass is 417 g/mol. The summed E-state index contributed by atoms with van der Waals surface area (Å²) in [7, 11) is 0. The van der Waals surface area contributed by atoms with Crippen molar-refractivity contribution in [2.75, 3.05) is 5.32 Å². The number of carboxylic acid groups (broad SMARTS) is 2. The number of phenolic OH excluding ortho intramolecular Hbond substituents is 4. The Morgan fingerprint density at radius 2 is 1.60 bits per heavy atom. The summed E-state index contributed by atoms with van der Waals surface area (Å²) in [6.45, 7) is 0. The van der Waals surface area contributed by atoms with Gasteiger partial charge in [-0.15, -0.1) is 0 Å². The highest BCUT2D eigenvalue weighted by Gasteiger charge is 2.28. The smallest absolute Gasteiger partial charge is 0.326 e. The minimum Gasteiger partial charge on any atom is -0.508 e. The number of aliphatic carboxylic acids is 2. The number of aromatic hydroxyl groups is 4. The highest BCUT2D eigenvalue weighted by atomic mass is 16.4. The van der Waals surface area contributed by atoms with Crippen LogP contribution >= 0.6 is 0 Å². The Labute approximate surface area is 166 Å². The number of hydrogen-bond acceptors (Lipinski definition) is 9. The lowest BCUT2D eigenvalue weighted by molar-refractivity contribution is -0.144. The minimum absolute atomic E-state index is 0.0533. The molecule has 3 aromatic rings. The molecule has 0 amide bonds. The van der Waals surface area contributed by atoms with Gasteiger partial charge in [-0.05, 0) is 24.3 Å². The lowest BCUT2D eigenvalue weighted by atomic mass is 10.1. The van der Waals surface area contributed by atoms with Crippen molar-refractivity contribution in [1.29, 1.82) is 0 Å². The summed E-state index contributed by atoms with van der Waals surface area (Å²) in [5, 5.41) is 59.5. The molecule has 7 N–H and O–H groups in total.